The molecule has 2 aromatic carbocycles. The van der Waals surface area contributed by atoms with Gasteiger partial charge in [0.25, 0.3) is 0 Å². The van der Waals surface area contributed by atoms with E-state index in [0.717, 1.165) is 38.9 Å². The molecule has 1 fully saturated rings. The fourth-order valence-corrected chi connectivity index (χ4v) is 4.92. The molecule has 0 bridgehead atoms. The van der Waals surface area contributed by atoms with Crippen molar-refractivity contribution in [2.24, 2.45) is 5.92 Å². The Morgan fingerprint density at radius 3 is 2.37 bits per heavy atom. The van der Waals surface area contributed by atoms with Gasteiger partial charge in [0.2, 0.25) is 5.91 Å². The van der Waals surface area contributed by atoms with Crippen LogP contribution in [0.2, 0.25) is 0 Å². The summed E-state index contributed by atoms with van der Waals surface area (Å²) in [6.45, 7) is 3.08. The summed E-state index contributed by atoms with van der Waals surface area (Å²) in [5.74, 6) is 0.204. The van der Waals surface area contributed by atoms with Crippen LogP contribution >= 0.6 is 0 Å². The Bertz CT molecular complexity index is 1080. The molecule has 0 unspecified atom stereocenters. The van der Waals surface area contributed by atoms with Crippen LogP contribution in [0.3, 0.4) is 0 Å². The molecule has 3 aromatic rings. The van der Waals surface area contributed by atoms with Gasteiger partial charge in [-0.1, -0.05) is 42.5 Å². The molecular formula is C28H34N4O3. The molecule has 0 saturated carbocycles. The first kappa shape index (κ1) is 24.7. The predicted octanol–water partition coefficient (Wildman–Crippen LogP) is 3.65. The van der Waals surface area contributed by atoms with Gasteiger partial charge in [-0.3, -0.25) is 14.4 Å². The van der Waals surface area contributed by atoms with Crippen LogP contribution in [-0.4, -0.2) is 64.7 Å². The Morgan fingerprint density at radius 2 is 1.74 bits per heavy atom. The van der Waals surface area contributed by atoms with Crippen molar-refractivity contribution in [2.75, 3.05) is 27.2 Å². The van der Waals surface area contributed by atoms with E-state index in [2.05, 4.69) is 34.3 Å². The number of amides is 1. The van der Waals surface area contributed by atoms with E-state index in [4.69, 9.17) is 4.74 Å². The van der Waals surface area contributed by atoms with Gasteiger partial charge >= 0.3 is 5.97 Å². The van der Waals surface area contributed by atoms with E-state index in [0.29, 0.717) is 11.5 Å². The quantitative estimate of drug-likeness (QED) is 0.443. The smallest absolute Gasteiger partial charge is 0.337 e. The Hall–Kier alpha value is -3.45. The monoisotopic (exact) mass is 474 g/mol. The number of hydrogen-bond donors (Lipinski definition) is 0. The lowest BCUT2D eigenvalue weighted by Gasteiger charge is -2.40. The SMILES string of the molecule is COC(=O)c1ccc(CN2CCC([C@@H](Cc3ccccc3)N(C)C(=O)Cn3cccn3)CC2)cc1. The van der Waals surface area contributed by atoms with Crippen molar-refractivity contribution in [3.05, 3.63) is 89.7 Å². The minimum Gasteiger partial charge on any atom is -0.465 e. The number of hydrogen-bond acceptors (Lipinski definition) is 5. The van der Waals surface area contributed by atoms with E-state index >= 15 is 0 Å². The summed E-state index contributed by atoms with van der Waals surface area (Å²) < 4.78 is 6.47. The zero-order chi connectivity index (χ0) is 24.6. The van der Waals surface area contributed by atoms with Gasteiger partial charge in [-0.2, -0.15) is 5.10 Å². The highest BCUT2D eigenvalue weighted by Crippen LogP contribution is 2.27. The van der Waals surface area contributed by atoms with E-state index in [1.165, 1.54) is 18.2 Å². The molecule has 0 radical (unpaired) electrons. The fourth-order valence-electron chi connectivity index (χ4n) is 4.92. The zero-order valence-corrected chi connectivity index (χ0v) is 20.5. The van der Waals surface area contributed by atoms with Gasteiger partial charge in [0.1, 0.15) is 6.54 Å². The maximum absolute atomic E-state index is 13.1. The lowest BCUT2D eigenvalue weighted by Crippen LogP contribution is -2.48. The number of esters is 1. The molecule has 0 N–H and O–H groups in total. The number of likely N-dealkylation sites (tertiary alicyclic amines) is 1. The van der Waals surface area contributed by atoms with E-state index in [1.807, 2.05) is 54.5 Å². The fraction of sp³-hybridized carbons (Fsp3) is 0.393. The summed E-state index contributed by atoms with van der Waals surface area (Å²) in [5.41, 5.74) is 3.01. The van der Waals surface area contributed by atoms with E-state index in [1.54, 1.807) is 10.9 Å². The molecule has 4 rings (SSSR count). The minimum atomic E-state index is -0.312. The third-order valence-corrected chi connectivity index (χ3v) is 6.99. The summed E-state index contributed by atoms with van der Waals surface area (Å²) in [5, 5.41) is 4.20. The first-order chi connectivity index (χ1) is 17.0. The molecule has 1 saturated heterocycles. The van der Waals surface area contributed by atoms with Gasteiger partial charge in [-0.15, -0.1) is 0 Å². The minimum absolute atomic E-state index is 0.0859. The van der Waals surface area contributed by atoms with Crippen molar-refractivity contribution in [1.29, 1.82) is 0 Å². The molecule has 0 spiro atoms. The van der Waals surface area contributed by atoms with E-state index in [9.17, 15) is 9.59 Å². The van der Waals surface area contributed by atoms with Gasteiger partial charge in [-0.05, 0) is 67.6 Å². The third kappa shape index (κ3) is 6.57. The maximum atomic E-state index is 13.1. The van der Waals surface area contributed by atoms with Crippen LogP contribution in [-0.2, 0) is 29.0 Å². The Labute approximate surface area is 207 Å². The van der Waals surface area contributed by atoms with Gasteiger partial charge < -0.3 is 9.64 Å². The van der Waals surface area contributed by atoms with Crippen molar-refractivity contribution < 1.29 is 14.3 Å². The number of carbonyl (C=O) groups excluding carboxylic acids is 2. The highest BCUT2D eigenvalue weighted by molar-refractivity contribution is 5.89. The van der Waals surface area contributed by atoms with Crippen molar-refractivity contribution in [2.45, 2.75) is 38.4 Å². The number of ether oxygens (including phenoxy) is 1. The predicted molar refractivity (Wildman–Crippen MR) is 135 cm³/mol. The van der Waals surface area contributed by atoms with Gasteiger partial charge in [0.15, 0.2) is 0 Å². The molecule has 7 nitrogen and oxygen atoms in total. The Balaban J connectivity index is 1.39. The second-order valence-electron chi connectivity index (χ2n) is 9.27. The van der Waals surface area contributed by atoms with Gasteiger partial charge in [0.05, 0.1) is 12.7 Å². The van der Waals surface area contributed by atoms with Crippen LogP contribution in [0.5, 0.6) is 0 Å². The van der Waals surface area contributed by atoms with Crippen LogP contribution < -0.4 is 0 Å². The highest BCUT2D eigenvalue weighted by Gasteiger charge is 2.31. The number of nitrogens with zero attached hydrogens (tertiary/aromatic N) is 4. The average molecular weight is 475 g/mol. The van der Waals surface area contributed by atoms with E-state index in [-0.39, 0.29) is 24.5 Å². The Kier molecular flexibility index (Phi) is 8.32. The number of rotatable bonds is 9. The van der Waals surface area contributed by atoms with Crippen molar-refractivity contribution >= 4 is 11.9 Å². The second-order valence-corrected chi connectivity index (χ2v) is 9.27. The molecule has 1 aliphatic rings. The normalized spacial score (nSPS) is 15.5. The topological polar surface area (TPSA) is 67.7 Å². The number of carbonyl (C=O) groups is 2. The number of benzene rings is 2. The summed E-state index contributed by atoms with van der Waals surface area (Å²) in [6.07, 6.45) is 6.46. The standard InChI is InChI=1S/C28H34N4O3/c1-30(27(33)21-32-16-6-15-29-32)26(19-22-7-4-3-5-8-22)24-13-17-31(18-14-24)20-23-9-11-25(12-10-23)28(34)35-2/h3-12,15-16,24,26H,13-14,17-21H2,1-2H3/t26-/m1/s1. The summed E-state index contributed by atoms with van der Waals surface area (Å²) in [7, 11) is 3.34. The van der Waals surface area contributed by atoms with Crippen LogP contribution in [0.15, 0.2) is 73.1 Å². The molecule has 0 aliphatic carbocycles. The first-order valence-electron chi connectivity index (χ1n) is 12.2. The largest absolute Gasteiger partial charge is 0.465 e. The zero-order valence-electron chi connectivity index (χ0n) is 20.5. The molecule has 7 heteroatoms. The van der Waals surface area contributed by atoms with Crippen molar-refractivity contribution in [3.8, 4) is 0 Å². The molecule has 1 amide bonds. The summed E-state index contributed by atoms with van der Waals surface area (Å²) in [6, 6.07) is 20.1. The van der Waals surface area contributed by atoms with Crippen LogP contribution in [0, 0.1) is 5.92 Å². The molecule has 1 aromatic heterocycles. The third-order valence-electron chi connectivity index (χ3n) is 6.99. The van der Waals surface area contributed by atoms with Crippen LogP contribution in [0.25, 0.3) is 0 Å². The molecular weight excluding hydrogens is 440 g/mol. The average Bonchev–Trinajstić information content (AvgIpc) is 3.41. The molecule has 1 atom stereocenters. The summed E-state index contributed by atoms with van der Waals surface area (Å²) in [4.78, 5) is 29.2. The summed E-state index contributed by atoms with van der Waals surface area (Å²) >= 11 is 0. The van der Waals surface area contributed by atoms with E-state index < -0.39 is 0 Å². The number of methoxy groups -OCH3 is 1. The van der Waals surface area contributed by atoms with Crippen molar-refractivity contribution in [1.82, 2.24) is 19.6 Å². The molecule has 1 aliphatic heterocycles. The lowest BCUT2D eigenvalue weighted by molar-refractivity contribution is -0.134. The van der Waals surface area contributed by atoms with Gasteiger partial charge in [0, 0.05) is 32.0 Å². The highest BCUT2D eigenvalue weighted by atomic mass is 16.5. The van der Waals surface area contributed by atoms with Gasteiger partial charge in [-0.25, -0.2) is 4.79 Å². The molecule has 35 heavy (non-hydrogen) atoms. The van der Waals surface area contributed by atoms with Crippen LogP contribution in [0.1, 0.15) is 34.3 Å². The molecule has 2 heterocycles. The lowest BCUT2D eigenvalue weighted by atomic mass is 9.84. The Morgan fingerprint density at radius 1 is 1.03 bits per heavy atom. The number of likely N-dealkylation sites (N-methyl/N-ethyl adjacent to an activating group) is 1. The van der Waals surface area contributed by atoms with Crippen LogP contribution in [0.4, 0.5) is 0 Å². The van der Waals surface area contributed by atoms with Crippen molar-refractivity contribution in [3.63, 3.8) is 0 Å². The molecule has 184 valence electrons. The number of aromatic nitrogens is 2. The maximum Gasteiger partial charge on any atom is 0.337 e. The second kappa shape index (κ2) is 11.8. The number of piperidine rings is 1. The first-order valence-corrected chi connectivity index (χ1v) is 12.2.